The minimum atomic E-state index is 0.301. The zero-order chi connectivity index (χ0) is 13.8. The molecule has 2 nitrogen and oxygen atoms in total. The Kier molecular flexibility index (Phi) is 4.10. The summed E-state index contributed by atoms with van der Waals surface area (Å²) in [5, 5.41) is 9.36. The highest BCUT2D eigenvalue weighted by molar-refractivity contribution is 5.64. The van der Waals surface area contributed by atoms with Gasteiger partial charge in [0.2, 0.25) is 0 Å². The lowest BCUT2D eigenvalue weighted by molar-refractivity contribution is 0.475. The van der Waals surface area contributed by atoms with Crippen LogP contribution in [0.15, 0.2) is 48.5 Å². The van der Waals surface area contributed by atoms with Gasteiger partial charge in [0.25, 0.3) is 0 Å². The van der Waals surface area contributed by atoms with E-state index in [2.05, 4.69) is 49.9 Å². The molecule has 2 aromatic carbocycles. The van der Waals surface area contributed by atoms with E-state index in [1.807, 2.05) is 12.1 Å². The lowest BCUT2D eigenvalue weighted by Gasteiger charge is -2.23. The Balaban J connectivity index is 2.28. The summed E-state index contributed by atoms with van der Waals surface area (Å²) >= 11 is 0. The van der Waals surface area contributed by atoms with Gasteiger partial charge >= 0.3 is 0 Å². The van der Waals surface area contributed by atoms with E-state index >= 15 is 0 Å². The highest BCUT2D eigenvalue weighted by atomic mass is 16.3. The van der Waals surface area contributed by atoms with Crippen LogP contribution in [-0.4, -0.2) is 11.7 Å². The first-order valence-corrected chi connectivity index (χ1v) is 6.78. The molecule has 0 radical (unpaired) electrons. The Hall–Kier alpha value is -1.96. The Labute approximate surface area is 115 Å². The number of aromatic hydroxyl groups is 1. The van der Waals surface area contributed by atoms with Gasteiger partial charge in [0.1, 0.15) is 5.75 Å². The van der Waals surface area contributed by atoms with E-state index in [-0.39, 0.29) is 0 Å². The first kappa shape index (κ1) is 13.5. The average Bonchev–Trinajstić information content (AvgIpc) is 2.42. The van der Waals surface area contributed by atoms with Crippen molar-refractivity contribution in [2.75, 3.05) is 11.4 Å². The summed E-state index contributed by atoms with van der Waals surface area (Å²) in [6.07, 6.45) is 0. The average molecular weight is 255 g/mol. The van der Waals surface area contributed by atoms with Crippen molar-refractivity contribution in [3.63, 3.8) is 0 Å². The molecule has 100 valence electrons. The number of anilines is 2. The van der Waals surface area contributed by atoms with Gasteiger partial charge in [0.15, 0.2) is 0 Å². The Bertz CT molecular complexity index is 514. The summed E-state index contributed by atoms with van der Waals surface area (Å²) in [6.45, 7) is 7.42. The third kappa shape index (κ3) is 3.08. The van der Waals surface area contributed by atoms with Crippen LogP contribution in [-0.2, 0) is 0 Å². The normalized spacial score (nSPS) is 10.7. The first-order chi connectivity index (χ1) is 9.11. The Morgan fingerprint density at radius 2 is 1.37 bits per heavy atom. The molecule has 0 aliphatic rings. The van der Waals surface area contributed by atoms with Gasteiger partial charge in [-0.3, -0.25) is 0 Å². The molecule has 0 amide bonds. The van der Waals surface area contributed by atoms with Crippen LogP contribution in [0.2, 0.25) is 0 Å². The monoisotopic (exact) mass is 255 g/mol. The van der Waals surface area contributed by atoms with E-state index in [4.69, 9.17) is 0 Å². The van der Waals surface area contributed by atoms with Crippen molar-refractivity contribution in [1.82, 2.24) is 0 Å². The van der Waals surface area contributed by atoms with E-state index in [1.54, 1.807) is 12.1 Å². The fourth-order valence-electron chi connectivity index (χ4n) is 2.19. The molecule has 0 heterocycles. The van der Waals surface area contributed by atoms with E-state index in [1.165, 1.54) is 11.3 Å². The number of hydrogen-bond donors (Lipinski definition) is 1. The standard InChI is InChI=1S/C17H21NO/c1-4-18(16-9-11-17(19)12-10-16)15-7-5-14(6-8-15)13(2)3/h5-13,19H,4H2,1-3H3. The lowest BCUT2D eigenvalue weighted by atomic mass is 10.0. The second-order valence-electron chi connectivity index (χ2n) is 5.01. The van der Waals surface area contributed by atoms with Gasteiger partial charge in [0.05, 0.1) is 0 Å². The number of benzene rings is 2. The van der Waals surface area contributed by atoms with Gasteiger partial charge < -0.3 is 10.0 Å². The molecule has 1 N–H and O–H groups in total. The van der Waals surface area contributed by atoms with Gasteiger partial charge in [-0.2, -0.15) is 0 Å². The maximum Gasteiger partial charge on any atom is 0.115 e. The van der Waals surface area contributed by atoms with Gasteiger partial charge in [0, 0.05) is 17.9 Å². The molecule has 19 heavy (non-hydrogen) atoms. The molecule has 0 bridgehead atoms. The molecule has 0 aromatic heterocycles. The van der Waals surface area contributed by atoms with Crippen LogP contribution in [0.1, 0.15) is 32.3 Å². The van der Waals surface area contributed by atoms with E-state index in [9.17, 15) is 5.11 Å². The summed E-state index contributed by atoms with van der Waals surface area (Å²) in [7, 11) is 0. The predicted octanol–water partition coefficient (Wildman–Crippen LogP) is 4.67. The molecule has 0 aliphatic heterocycles. The highest BCUT2D eigenvalue weighted by Gasteiger charge is 2.07. The van der Waals surface area contributed by atoms with Crippen molar-refractivity contribution < 1.29 is 5.11 Å². The summed E-state index contributed by atoms with van der Waals surface area (Å²) in [6, 6.07) is 16.0. The predicted molar refractivity (Wildman–Crippen MR) is 81.3 cm³/mol. The Morgan fingerprint density at radius 3 is 1.79 bits per heavy atom. The third-order valence-electron chi connectivity index (χ3n) is 3.35. The zero-order valence-electron chi connectivity index (χ0n) is 11.8. The van der Waals surface area contributed by atoms with E-state index in [0.717, 1.165) is 12.2 Å². The van der Waals surface area contributed by atoms with Crippen LogP contribution in [0.25, 0.3) is 0 Å². The molecule has 2 heteroatoms. The van der Waals surface area contributed by atoms with Gasteiger partial charge in [-0.15, -0.1) is 0 Å². The molecule has 2 aromatic rings. The third-order valence-corrected chi connectivity index (χ3v) is 3.35. The summed E-state index contributed by atoms with van der Waals surface area (Å²) in [5.41, 5.74) is 3.63. The molecule has 0 saturated heterocycles. The van der Waals surface area contributed by atoms with E-state index in [0.29, 0.717) is 11.7 Å². The minimum absolute atomic E-state index is 0.301. The fraction of sp³-hybridized carbons (Fsp3) is 0.294. The van der Waals surface area contributed by atoms with Crippen molar-refractivity contribution in [3.05, 3.63) is 54.1 Å². The molecular weight excluding hydrogens is 234 g/mol. The topological polar surface area (TPSA) is 23.5 Å². The number of phenols is 1. The van der Waals surface area contributed by atoms with Crippen molar-refractivity contribution in [3.8, 4) is 5.75 Å². The summed E-state index contributed by atoms with van der Waals surface area (Å²) < 4.78 is 0. The van der Waals surface area contributed by atoms with Crippen LogP contribution in [0, 0.1) is 0 Å². The van der Waals surface area contributed by atoms with E-state index < -0.39 is 0 Å². The van der Waals surface area contributed by atoms with Crippen molar-refractivity contribution in [2.24, 2.45) is 0 Å². The minimum Gasteiger partial charge on any atom is -0.508 e. The van der Waals surface area contributed by atoms with Crippen molar-refractivity contribution >= 4 is 11.4 Å². The Morgan fingerprint density at radius 1 is 0.895 bits per heavy atom. The first-order valence-electron chi connectivity index (χ1n) is 6.78. The van der Waals surface area contributed by atoms with Gasteiger partial charge in [-0.05, 0) is 54.8 Å². The molecular formula is C17H21NO. The number of hydrogen-bond acceptors (Lipinski definition) is 2. The van der Waals surface area contributed by atoms with Crippen LogP contribution >= 0.6 is 0 Å². The molecule has 0 saturated carbocycles. The lowest BCUT2D eigenvalue weighted by Crippen LogP contribution is -2.15. The molecule has 2 rings (SSSR count). The number of phenolic OH excluding ortho intramolecular Hbond substituents is 1. The molecule has 0 spiro atoms. The summed E-state index contributed by atoms with van der Waals surface area (Å²) in [4.78, 5) is 2.23. The molecule has 0 unspecified atom stereocenters. The van der Waals surface area contributed by atoms with Crippen LogP contribution in [0.3, 0.4) is 0 Å². The fourth-order valence-corrected chi connectivity index (χ4v) is 2.19. The highest BCUT2D eigenvalue weighted by Crippen LogP contribution is 2.27. The van der Waals surface area contributed by atoms with Gasteiger partial charge in [-0.25, -0.2) is 0 Å². The van der Waals surface area contributed by atoms with Crippen LogP contribution < -0.4 is 4.90 Å². The van der Waals surface area contributed by atoms with Crippen LogP contribution in [0.4, 0.5) is 11.4 Å². The smallest absolute Gasteiger partial charge is 0.115 e. The second kappa shape index (κ2) is 5.79. The SMILES string of the molecule is CCN(c1ccc(O)cc1)c1ccc(C(C)C)cc1. The molecule has 0 aliphatic carbocycles. The molecule has 0 fully saturated rings. The van der Waals surface area contributed by atoms with Crippen molar-refractivity contribution in [2.45, 2.75) is 26.7 Å². The van der Waals surface area contributed by atoms with Crippen molar-refractivity contribution in [1.29, 1.82) is 0 Å². The second-order valence-corrected chi connectivity index (χ2v) is 5.01. The molecule has 0 atom stereocenters. The quantitative estimate of drug-likeness (QED) is 0.858. The largest absolute Gasteiger partial charge is 0.508 e. The maximum atomic E-state index is 9.36. The summed E-state index contributed by atoms with van der Waals surface area (Å²) in [5.74, 6) is 0.854. The maximum absolute atomic E-state index is 9.36. The van der Waals surface area contributed by atoms with Crippen LogP contribution in [0.5, 0.6) is 5.75 Å². The number of nitrogens with zero attached hydrogens (tertiary/aromatic N) is 1. The van der Waals surface area contributed by atoms with Gasteiger partial charge in [-0.1, -0.05) is 26.0 Å². The zero-order valence-corrected chi connectivity index (χ0v) is 11.8. The number of rotatable bonds is 4.